The molecule has 0 aliphatic carbocycles. The minimum absolute atomic E-state index is 0.551. The van der Waals surface area contributed by atoms with Crippen LogP contribution < -0.4 is 0 Å². The molecule has 0 N–H and O–H groups in total. The molecule has 1 aromatic rings. The fraction of sp³-hybridized carbons (Fsp3) is 0.200. The average molecular weight is 124 g/mol. The van der Waals surface area contributed by atoms with Crippen molar-refractivity contribution in [3.05, 3.63) is 16.6 Å². The summed E-state index contributed by atoms with van der Waals surface area (Å²) in [5, 5.41) is 10.2. The zero-order chi connectivity index (χ0) is 5.98. The summed E-state index contributed by atoms with van der Waals surface area (Å²) in [6.45, 7) is 1.88. The van der Waals surface area contributed by atoms with Crippen molar-refractivity contribution in [3.8, 4) is 6.07 Å². The fourth-order valence-corrected chi connectivity index (χ4v) is 1.01. The van der Waals surface area contributed by atoms with Gasteiger partial charge in [0.15, 0.2) is 5.69 Å². The minimum Gasteiger partial charge on any atom is -0.191 e. The second kappa shape index (κ2) is 1.93. The highest BCUT2D eigenvalue weighted by Gasteiger charge is 1.95. The summed E-state index contributed by atoms with van der Waals surface area (Å²) in [6, 6.07) is 1.97. The first kappa shape index (κ1) is 5.26. The fourth-order valence-electron chi connectivity index (χ4n) is 0.395. The lowest BCUT2D eigenvalue weighted by molar-refractivity contribution is 1.35. The van der Waals surface area contributed by atoms with Gasteiger partial charge in [-0.15, -0.1) is 0 Å². The van der Waals surface area contributed by atoms with Gasteiger partial charge in [0.25, 0.3) is 0 Å². The molecule has 0 saturated heterocycles. The average Bonchev–Trinajstić information content (AvgIpc) is 2.14. The predicted molar refractivity (Wildman–Crippen MR) is 31.6 cm³/mol. The number of nitriles is 1. The quantitative estimate of drug-likeness (QED) is 0.523. The number of nitrogens with zero attached hydrogens (tertiary/aromatic N) is 2. The standard InChI is InChI=1S/C5H4N2S/c1-4-3-8-7-5(4)2-6/h3H,1H3. The smallest absolute Gasteiger partial charge is 0.157 e. The molecule has 0 unspecified atom stereocenters. The Morgan fingerprint density at radius 1 is 1.88 bits per heavy atom. The van der Waals surface area contributed by atoms with E-state index < -0.39 is 0 Å². The molecular formula is C5H4N2S. The Balaban J connectivity index is 3.15. The maximum Gasteiger partial charge on any atom is 0.157 e. The summed E-state index contributed by atoms with van der Waals surface area (Å²) in [4.78, 5) is 0. The summed E-state index contributed by atoms with van der Waals surface area (Å²) in [5.41, 5.74) is 1.52. The Labute approximate surface area is 51.6 Å². The van der Waals surface area contributed by atoms with Crippen LogP contribution in [0, 0.1) is 18.3 Å². The normalized spacial score (nSPS) is 8.50. The Kier molecular flexibility index (Phi) is 1.27. The first-order valence-electron chi connectivity index (χ1n) is 2.15. The predicted octanol–water partition coefficient (Wildman–Crippen LogP) is 1.32. The van der Waals surface area contributed by atoms with Crippen molar-refractivity contribution < 1.29 is 0 Å². The van der Waals surface area contributed by atoms with Crippen LogP contribution in [0.2, 0.25) is 0 Å². The van der Waals surface area contributed by atoms with Gasteiger partial charge in [-0.1, -0.05) is 0 Å². The number of rotatable bonds is 0. The molecule has 0 aromatic carbocycles. The summed E-state index contributed by atoms with van der Waals surface area (Å²) in [7, 11) is 0. The highest BCUT2D eigenvalue weighted by atomic mass is 32.1. The van der Waals surface area contributed by atoms with Gasteiger partial charge in [-0.25, -0.2) is 0 Å². The summed E-state index contributed by atoms with van der Waals surface area (Å²) >= 11 is 1.32. The molecule has 1 aromatic heterocycles. The van der Waals surface area contributed by atoms with Gasteiger partial charge in [0, 0.05) is 5.38 Å². The molecule has 0 fully saturated rings. The molecule has 0 spiro atoms. The number of aromatic nitrogens is 1. The monoisotopic (exact) mass is 124 g/mol. The summed E-state index contributed by atoms with van der Waals surface area (Å²) in [6.07, 6.45) is 0. The molecule has 0 bridgehead atoms. The second-order valence-corrected chi connectivity index (χ2v) is 2.09. The lowest BCUT2D eigenvalue weighted by atomic mass is 10.3. The van der Waals surface area contributed by atoms with Crippen LogP contribution in [-0.4, -0.2) is 4.37 Å². The lowest BCUT2D eigenvalue weighted by Crippen LogP contribution is -1.72. The van der Waals surface area contributed by atoms with Crippen LogP contribution in [0.15, 0.2) is 5.38 Å². The van der Waals surface area contributed by atoms with Crippen LogP contribution in [0.1, 0.15) is 11.3 Å². The van der Waals surface area contributed by atoms with Gasteiger partial charge in [-0.2, -0.15) is 9.64 Å². The number of hydrogen-bond acceptors (Lipinski definition) is 3. The summed E-state index contributed by atoms with van der Waals surface area (Å²) in [5.74, 6) is 0. The van der Waals surface area contributed by atoms with Gasteiger partial charge in [0.2, 0.25) is 0 Å². The van der Waals surface area contributed by atoms with E-state index in [4.69, 9.17) is 5.26 Å². The van der Waals surface area contributed by atoms with Crippen molar-refractivity contribution in [1.82, 2.24) is 4.37 Å². The maximum absolute atomic E-state index is 8.30. The first-order valence-corrected chi connectivity index (χ1v) is 2.99. The second-order valence-electron chi connectivity index (χ2n) is 1.46. The van der Waals surface area contributed by atoms with E-state index in [1.54, 1.807) is 0 Å². The number of aryl methyl sites for hydroxylation is 1. The molecule has 0 aliphatic heterocycles. The van der Waals surface area contributed by atoms with Gasteiger partial charge < -0.3 is 0 Å². The van der Waals surface area contributed by atoms with Crippen molar-refractivity contribution in [2.75, 3.05) is 0 Å². The molecular weight excluding hydrogens is 120 g/mol. The maximum atomic E-state index is 8.30. The van der Waals surface area contributed by atoms with Crippen molar-refractivity contribution in [2.24, 2.45) is 0 Å². The molecule has 0 aliphatic rings. The van der Waals surface area contributed by atoms with E-state index in [1.165, 1.54) is 11.5 Å². The van der Waals surface area contributed by atoms with E-state index in [-0.39, 0.29) is 0 Å². The van der Waals surface area contributed by atoms with Crippen LogP contribution in [0.25, 0.3) is 0 Å². The van der Waals surface area contributed by atoms with E-state index in [1.807, 2.05) is 18.4 Å². The van der Waals surface area contributed by atoms with E-state index in [0.717, 1.165) is 5.56 Å². The Bertz CT molecular complexity index is 221. The van der Waals surface area contributed by atoms with Gasteiger partial charge >= 0.3 is 0 Å². The highest BCUT2D eigenvalue weighted by molar-refractivity contribution is 7.03. The van der Waals surface area contributed by atoms with E-state index in [2.05, 4.69) is 4.37 Å². The van der Waals surface area contributed by atoms with Crippen LogP contribution in [0.3, 0.4) is 0 Å². The third kappa shape index (κ3) is 0.703. The van der Waals surface area contributed by atoms with Crippen molar-refractivity contribution in [3.63, 3.8) is 0 Å². The third-order valence-corrected chi connectivity index (χ3v) is 1.60. The van der Waals surface area contributed by atoms with Crippen LogP contribution in [-0.2, 0) is 0 Å². The van der Waals surface area contributed by atoms with Crippen molar-refractivity contribution >= 4 is 11.5 Å². The SMILES string of the molecule is Cc1csnc1C#N. The molecule has 0 amide bonds. The zero-order valence-corrected chi connectivity index (χ0v) is 5.20. The Morgan fingerprint density at radius 3 is 2.88 bits per heavy atom. The highest BCUT2D eigenvalue weighted by Crippen LogP contribution is 2.05. The van der Waals surface area contributed by atoms with Gasteiger partial charge in [-0.3, -0.25) is 0 Å². The Hall–Kier alpha value is -0.880. The Morgan fingerprint density at radius 2 is 2.62 bits per heavy atom. The largest absolute Gasteiger partial charge is 0.191 e. The minimum atomic E-state index is 0.551. The molecule has 1 rings (SSSR count). The van der Waals surface area contributed by atoms with Gasteiger partial charge in [0.1, 0.15) is 6.07 Å². The van der Waals surface area contributed by atoms with Gasteiger partial charge in [0.05, 0.1) is 0 Å². The van der Waals surface area contributed by atoms with E-state index in [0.29, 0.717) is 5.69 Å². The lowest BCUT2D eigenvalue weighted by Gasteiger charge is -1.74. The molecule has 0 saturated carbocycles. The van der Waals surface area contributed by atoms with Crippen molar-refractivity contribution in [2.45, 2.75) is 6.92 Å². The first-order chi connectivity index (χ1) is 3.84. The van der Waals surface area contributed by atoms with E-state index in [9.17, 15) is 0 Å². The van der Waals surface area contributed by atoms with E-state index >= 15 is 0 Å². The number of hydrogen-bond donors (Lipinski definition) is 0. The molecule has 0 radical (unpaired) electrons. The molecule has 40 valence electrons. The zero-order valence-electron chi connectivity index (χ0n) is 4.38. The summed E-state index contributed by atoms with van der Waals surface area (Å²) < 4.78 is 3.81. The molecule has 3 heteroatoms. The molecule has 8 heavy (non-hydrogen) atoms. The third-order valence-electron chi connectivity index (χ3n) is 0.853. The molecule has 0 atom stereocenters. The van der Waals surface area contributed by atoms with Crippen LogP contribution >= 0.6 is 11.5 Å². The van der Waals surface area contributed by atoms with Crippen LogP contribution in [0.4, 0.5) is 0 Å². The molecule has 2 nitrogen and oxygen atoms in total. The topological polar surface area (TPSA) is 36.7 Å². The van der Waals surface area contributed by atoms with Crippen LogP contribution in [0.5, 0.6) is 0 Å². The van der Waals surface area contributed by atoms with Gasteiger partial charge in [-0.05, 0) is 24.0 Å². The van der Waals surface area contributed by atoms with Crippen molar-refractivity contribution in [1.29, 1.82) is 5.26 Å². The molecule has 1 heterocycles.